The molecule has 6 heteroatoms. The fourth-order valence-corrected chi connectivity index (χ4v) is 1.98. The van der Waals surface area contributed by atoms with E-state index in [2.05, 4.69) is 10.3 Å². The fraction of sp³-hybridized carbons (Fsp3) is 0.231. The summed E-state index contributed by atoms with van der Waals surface area (Å²) in [5.74, 6) is -1.40. The highest BCUT2D eigenvalue weighted by atomic mass is 16.4. The molecule has 2 heterocycles. The van der Waals surface area contributed by atoms with Crippen LogP contribution < -0.4 is 5.32 Å². The van der Waals surface area contributed by atoms with Crippen molar-refractivity contribution in [3.8, 4) is 0 Å². The summed E-state index contributed by atoms with van der Waals surface area (Å²) in [7, 11) is 0. The van der Waals surface area contributed by atoms with Crippen molar-refractivity contribution in [3.05, 3.63) is 41.5 Å². The Kier molecular flexibility index (Phi) is 3.41. The number of carboxylic acid groups (broad SMARTS) is 1. The maximum atomic E-state index is 12.1. The summed E-state index contributed by atoms with van der Waals surface area (Å²) in [4.78, 5) is 26.0. The lowest BCUT2D eigenvalue weighted by Crippen LogP contribution is -2.17. The van der Waals surface area contributed by atoms with Crippen molar-refractivity contribution in [2.24, 2.45) is 0 Å². The normalized spacial score (nSPS) is 10.4. The molecule has 3 N–H and O–H groups in total. The molecule has 0 fully saturated rings. The molecule has 6 nitrogen and oxygen atoms in total. The van der Waals surface area contributed by atoms with E-state index in [1.54, 1.807) is 29.8 Å². The van der Waals surface area contributed by atoms with Gasteiger partial charge >= 0.3 is 5.97 Å². The first-order valence-corrected chi connectivity index (χ1v) is 5.92. The predicted octanol–water partition coefficient (Wildman–Crippen LogP) is 2.10. The van der Waals surface area contributed by atoms with Crippen LogP contribution in [-0.2, 0) is 6.54 Å². The molecule has 0 saturated carbocycles. The van der Waals surface area contributed by atoms with Gasteiger partial charge in [0.05, 0.1) is 5.69 Å². The second-order valence-corrected chi connectivity index (χ2v) is 4.14. The Morgan fingerprint density at radius 2 is 2.21 bits per heavy atom. The molecule has 0 bridgehead atoms. The summed E-state index contributed by atoms with van der Waals surface area (Å²) in [6.45, 7) is 4.25. The zero-order valence-electron chi connectivity index (χ0n) is 10.7. The maximum Gasteiger partial charge on any atom is 0.339 e. The molecule has 0 aliphatic rings. The van der Waals surface area contributed by atoms with Gasteiger partial charge in [-0.3, -0.25) is 4.79 Å². The SMILES string of the molecule is CCn1cccc1C(=O)Nc1c[nH]c(C)c1C(=O)O. The van der Waals surface area contributed by atoms with Crippen molar-refractivity contribution in [2.75, 3.05) is 5.32 Å². The fourth-order valence-electron chi connectivity index (χ4n) is 1.98. The molecule has 2 aromatic rings. The number of carbonyl (C=O) groups excluding carboxylic acids is 1. The first-order valence-electron chi connectivity index (χ1n) is 5.92. The number of rotatable bonds is 4. The average molecular weight is 261 g/mol. The van der Waals surface area contributed by atoms with E-state index < -0.39 is 5.97 Å². The number of anilines is 1. The summed E-state index contributed by atoms with van der Waals surface area (Å²) in [6, 6.07) is 3.47. The summed E-state index contributed by atoms with van der Waals surface area (Å²) < 4.78 is 1.79. The Balaban J connectivity index is 2.27. The predicted molar refractivity (Wildman–Crippen MR) is 70.5 cm³/mol. The van der Waals surface area contributed by atoms with Crippen LogP contribution in [0.2, 0.25) is 0 Å². The number of hydrogen-bond acceptors (Lipinski definition) is 2. The first kappa shape index (κ1) is 12.9. The zero-order chi connectivity index (χ0) is 14.0. The van der Waals surface area contributed by atoms with E-state index in [1.807, 2.05) is 6.92 Å². The van der Waals surface area contributed by atoms with E-state index >= 15 is 0 Å². The van der Waals surface area contributed by atoms with Crippen LogP contribution in [0.5, 0.6) is 0 Å². The minimum absolute atomic E-state index is 0.0861. The number of nitrogens with one attached hydrogen (secondary N) is 2. The maximum absolute atomic E-state index is 12.1. The van der Waals surface area contributed by atoms with Crippen LogP contribution in [0.3, 0.4) is 0 Å². The van der Waals surface area contributed by atoms with E-state index in [1.165, 1.54) is 6.20 Å². The van der Waals surface area contributed by atoms with Crippen LogP contribution in [0.4, 0.5) is 5.69 Å². The summed E-state index contributed by atoms with van der Waals surface area (Å²) in [5.41, 5.74) is 1.37. The molecule has 0 radical (unpaired) electrons. The Morgan fingerprint density at radius 1 is 1.47 bits per heavy atom. The van der Waals surface area contributed by atoms with Gasteiger partial charge in [-0.25, -0.2) is 4.79 Å². The monoisotopic (exact) mass is 261 g/mol. The van der Waals surface area contributed by atoms with Gasteiger partial charge in [0, 0.05) is 24.6 Å². The highest BCUT2D eigenvalue weighted by Gasteiger charge is 2.18. The van der Waals surface area contributed by atoms with Crippen molar-refractivity contribution in [1.82, 2.24) is 9.55 Å². The van der Waals surface area contributed by atoms with Gasteiger partial charge in [0.2, 0.25) is 0 Å². The van der Waals surface area contributed by atoms with Crippen molar-refractivity contribution in [1.29, 1.82) is 0 Å². The molecule has 2 rings (SSSR count). The molecule has 0 spiro atoms. The Bertz CT molecular complexity index is 625. The molecule has 0 atom stereocenters. The van der Waals surface area contributed by atoms with Crippen LogP contribution in [0.25, 0.3) is 0 Å². The van der Waals surface area contributed by atoms with E-state index in [0.717, 1.165) is 0 Å². The number of amides is 1. The molecule has 1 amide bonds. The number of carboxylic acids is 1. The van der Waals surface area contributed by atoms with Gasteiger partial charge in [-0.2, -0.15) is 0 Å². The number of aromatic nitrogens is 2. The van der Waals surface area contributed by atoms with E-state index in [-0.39, 0.29) is 17.2 Å². The average Bonchev–Trinajstić information content (AvgIpc) is 2.95. The number of aromatic amines is 1. The third kappa shape index (κ3) is 2.37. The van der Waals surface area contributed by atoms with Gasteiger partial charge in [0.1, 0.15) is 11.3 Å². The lowest BCUT2D eigenvalue weighted by Gasteiger charge is -2.07. The van der Waals surface area contributed by atoms with Crippen molar-refractivity contribution in [3.63, 3.8) is 0 Å². The Morgan fingerprint density at radius 3 is 2.84 bits per heavy atom. The van der Waals surface area contributed by atoms with Gasteiger partial charge in [-0.1, -0.05) is 0 Å². The van der Waals surface area contributed by atoms with Crippen LogP contribution >= 0.6 is 0 Å². The van der Waals surface area contributed by atoms with Gasteiger partial charge in [-0.15, -0.1) is 0 Å². The lowest BCUT2D eigenvalue weighted by atomic mass is 10.2. The Labute approximate surface area is 110 Å². The van der Waals surface area contributed by atoms with Crippen LogP contribution in [0, 0.1) is 6.92 Å². The largest absolute Gasteiger partial charge is 0.478 e. The van der Waals surface area contributed by atoms with Crippen LogP contribution in [0.15, 0.2) is 24.5 Å². The molecule has 0 aliphatic heterocycles. The highest BCUT2D eigenvalue weighted by Crippen LogP contribution is 2.20. The highest BCUT2D eigenvalue weighted by molar-refractivity contribution is 6.07. The van der Waals surface area contributed by atoms with Crippen molar-refractivity contribution < 1.29 is 14.7 Å². The molecule has 0 aliphatic carbocycles. The smallest absolute Gasteiger partial charge is 0.339 e. The minimum Gasteiger partial charge on any atom is -0.478 e. The van der Waals surface area contributed by atoms with Crippen LogP contribution in [0.1, 0.15) is 33.5 Å². The van der Waals surface area contributed by atoms with Crippen molar-refractivity contribution >= 4 is 17.6 Å². The van der Waals surface area contributed by atoms with E-state index in [4.69, 9.17) is 5.11 Å². The third-order valence-corrected chi connectivity index (χ3v) is 2.94. The first-order chi connectivity index (χ1) is 9.04. The summed E-state index contributed by atoms with van der Waals surface area (Å²) >= 11 is 0. The second-order valence-electron chi connectivity index (χ2n) is 4.14. The Hall–Kier alpha value is -2.50. The minimum atomic E-state index is -1.07. The van der Waals surface area contributed by atoms with E-state index in [0.29, 0.717) is 17.9 Å². The number of aryl methyl sites for hydroxylation is 2. The number of hydrogen-bond donors (Lipinski definition) is 3. The van der Waals surface area contributed by atoms with E-state index in [9.17, 15) is 9.59 Å². The quantitative estimate of drug-likeness (QED) is 0.787. The van der Waals surface area contributed by atoms with Gasteiger partial charge < -0.3 is 20.0 Å². The molecule has 100 valence electrons. The summed E-state index contributed by atoms with van der Waals surface area (Å²) in [6.07, 6.45) is 3.28. The molecule has 2 aromatic heterocycles. The molecular formula is C13H15N3O3. The standard InChI is InChI=1S/C13H15N3O3/c1-3-16-6-4-5-10(16)12(17)15-9-7-14-8(2)11(9)13(18)19/h4-7,14H,3H2,1-2H3,(H,15,17)(H,18,19). The topological polar surface area (TPSA) is 87.1 Å². The molecule has 0 saturated heterocycles. The molecule has 0 aromatic carbocycles. The van der Waals surface area contributed by atoms with Gasteiger partial charge in [0.15, 0.2) is 0 Å². The second kappa shape index (κ2) is 5.01. The van der Waals surface area contributed by atoms with Crippen LogP contribution in [-0.4, -0.2) is 26.5 Å². The van der Waals surface area contributed by atoms with Gasteiger partial charge in [-0.05, 0) is 26.0 Å². The number of aromatic carboxylic acids is 1. The van der Waals surface area contributed by atoms with Gasteiger partial charge in [0.25, 0.3) is 5.91 Å². The number of H-pyrrole nitrogens is 1. The zero-order valence-corrected chi connectivity index (χ0v) is 10.7. The molecule has 19 heavy (non-hydrogen) atoms. The summed E-state index contributed by atoms with van der Waals surface area (Å²) in [5, 5.41) is 11.7. The lowest BCUT2D eigenvalue weighted by molar-refractivity contribution is 0.0697. The number of carbonyl (C=O) groups is 2. The number of nitrogens with zero attached hydrogens (tertiary/aromatic N) is 1. The molecule has 0 unspecified atom stereocenters. The molecular weight excluding hydrogens is 246 g/mol. The van der Waals surface area contributed by atoms with Crippen molar-refractivity contribution in [2.45, 2.75) is 20.4 Å². The third-order valence-electron chi connectivity index (χ3n) is 2.94.